The molecule has 0 saturated carbocycles. The first-order valence-corrected chi connectivity index (χ1v) is 0.986. The molecule has 0 unspecified atom stereocenters. The van der Waals surface area contributed by atoms with E-state index >= 15 is 0 Å². The fourth-order valence-electron chi connectivity index (χ4n) is 0. The minimum atomic E-state index is 0. The molecule has 0 rings (SSSR count). The summed E-state index contributed by atoms with van der Waals surface area (Å²) >= 11 is 0.700. The molecule has 0 aliphatic heterocycles. The van der Waals surface area contributed by atoms with Gasteiger partial charge in [-0.05, 0) is 0 Å². The summed E-state index contributed by atoms with van der Waals surface area (Å²) in [5.41, 5.74) is 0. The zero-order valence-corrected chi connectivity index (χ0v) is 5.47. The molecule has 1 radical (unpaired) electrons. The summed E-state index contributed by atoms with van der Waals surface area (Å²) in [4.78, 5) is 0. The predicted octanol–water partition coefficient (Wildman–Crippen LogP) is -0.772. The molecule has 19 valence electrons. The Labute approximate surface area is 63.8 Å². The topological polar surface area (TPSA) is 17.1 Å². The van der Waals surface area contributed by atoms with Gasteiger partial charge in [-0.2, -0.15) is 0 Å². The summed E-state index contributed by atoms with van der Waals surface area (Å²) in [6.45, 7) is 0. The molecule has 0 aromatic heterocycles. The summed E-state index contributed by atoms with van der Waals surface area (Å²) in [6, 6.07) is 0. The normalized spacial score (nSPS) is 1.00. The summed E-state index contributed by atoms with van der Waals surface area (Å²) in [5.74, 6) is 0. The van der Waals surface area contributed by atoms with Gasteiger partial charge in [-0.1, -0.05) is 0 Å². The Hall–Kier alpha value is 1.83. The van der Waals surface area contributed by atoms with Gasteiger partial charge in [0, 0.05) is 22.4 Å². The molecule has 0 aromatic carbocycles. The summed E-state index contributed by atoms with van der Waals surface area (Å²) in [7, 11) is 0. The van der Waals surface area contributed by atoms with Crippen molar-refractivity contribution in [3.63, 3.8) is 0 Å². The van der Waals surface area contributed by atoms with Crippen LogP contribution in [0.15, 0.2) is 0 Å². The van der Waals surface area contributed by atoms with Crippen molar-refractivity contribution < 1.29 is 45.6 Å². The van der Waals surface area contributed by atoms with E-state index in [1.165, 1.54) is 0 Å². The molecular formula is HLiMoNbO. The second-order valence-corrected chi connectivity index (χ2v) is 0. The Balaban J connectivity index is -0.00000000500. The van der Waals surface area contributed by atoms with E-state index in [4.69, 9.17) is 3.40 Å². The van der Waals surface area contributed by atoms with Gasteiger partial charge in [0.25, 0.3) is 0 Å². The van der Waals surface area contributed by atoms with Gasteiger partial charge in [-0.25, -0.2) is 0 Å². The van der Waals surface area contributed by atoms with Crippen molar-refractivity contribution >= 4 is 18.9 Å². The third kappa shape index (κ3) is 9.16. The van der Waals surface area contributed by atoms with E-state index in [-0.39, 0.29) is 41.2 Å². The molecular weight excluding hydrogens is 212 g/mol. The van der Waals surface area contributed by atoms with Crippen molar-refractivity contribution in [2.24, 2.45) is 0 Å². The minimum absolute atomic E-state index is 0. The maximum absolute atomic E-state index is 8.26. The monoisotopic (exact) mass is 215 g/mol. The average molecular weight is 213 g/mol. The zero-order valence-electron chi connectivity index (χ0n) is 1.26. The Bertz CT molecular complexity index is 8.00. The third-order valence-electron chi connectivity index (χ3n) is 0. The van der Waals surface area contributed by atoms with Crippen molar-refractivity contribution in [3.8, 4) is 0 Å². The SMILES string of the molecule is [LiH].[Nb].[O]=[Mo]. The molecule has 0 atom stereocenters. The molecule has 0 aliphatic rings. The standard InChI is InChI=1S/Li.Mo.Nb.O.H. The second-order valence-electron chi connectivity index (χ2n) is 0. The van der Waals surface area contributed by atoms with Crippen LogP contribution in [0.3, 0.4) is 0 Å². The molecule has 0 saturated heterocycles. The van der Waals surface area contributed by atoms with Crippen molar-refractivity contribution in [3.05, 3.63) is 0 Å². The van der Waals surface area contributed by atoms with Gasteiger partial charge in [0.15, 0.2) is 0 Å². The number of rotatable bonds is 0. The van der Waals surface area contributed by atoms with Gasteiger partial charge in [0.2, 0.25) is 0 Å². The summed E-state index contributed by atoms with van der Waals surface area (Å²) in [6.07, 6.45) is 0. The van der Waals surface area contributed by atoms with E-state index in [0.29, 0.717) is 19.8 Å². The van der Waals surface area contributed by atoms with Crippen LogP contribution in [-0.2, 0) is 45.6 Å². The van der Waals surface area contributed by atoms with Crippen LogP contribution in [0.4, 0.5) is 0 Å². The predicted molar refractivity (Wildman–Crippen MR) is 7.84 cm³/mol. The molecule has 0 aliphatic carbocycles. The average Bonchev–Trinajstić information content (AvgIpc) is 1.00. The van der Waals surface area contributed by atoms with Crippen LogP contribution in [0.25, 0.3) is 0 Å². The van der Waals surface area contributed by atoms with E-state index in [1.54, 1.807) is 0 Å². The number of hydrogen-bond donors (Lipinski definition) is 0. The molecule has 1 nitrogen and oxygen atoms in total. The molecule has 0 amide bonds. The van der Waals surface area contributed by atoms with Gasteiger partial charge in [-0.3, -0.25) is 0 Å². The zero-order chi connectivity index (χ0) is 2.00. The molecule has 4 heavy (non-hydrogen) atoms. The van der Waals surface area contributed by atoms with Gasteiger partial charge in [0.1, 0.15) is 0 Å². The van der Waals surface area contributed by atoms with Gasteiger partial charge in [-0.15, -0.1) is 0 Å². The van der Waals surface area contributed by atoms with E-state index in [0.717, 1.165) is 0 Å². The molecule has 0 N–H and O–H groups in total. The Morgan fingerprint density at radius 3 is 1.25 bits per heavy atom. The van der Waals surface area contributed by atoms with E-state index in [1.807, 2.05) is 0 Å². The van der Waals surface area contributed by atoms with E-state index in [2.05, 4.69) is 0 Å². The molecule has 0 heterocycles. The fraction of sp³-hybridized carbons (Fsp3) is 0. The second kappa shape index (κ2) is 21.2. The van der Waals surface area contributed by atoms with Crippen LogP contribution >= 0.6 is 0 Å². The van der Waals surface area contributed by atoms with Crippen LogP contribution < -0.4 is 0 Å². The molecule has 0 bridgehead atoms. The third-order valence-corrected chi connectivity index (χ3v) is 0. The molecule has 0 fully saturated rings. The quantitative estimate of drug-likeness (QED) is 0.482. The number of hydrogen-bond acceptors (Lipinski definition) is 1. The van der Waals surface area contributed by atoms with Gasteiger partial charge >= 0.3 is 42.0 Å². The van der Waals surface area contributed by atoms with Crippen LogP contribution in [0.5, 0.6) is 0 Å². The Kier molecular flexibility index (Phi) is 90.0. The summed E-state index contributed by atoms with van der Waals surface area (Å²) in [5, 5.41) is 0. The first-order chi connectivity index (χ1) is 1.00. The first kappa shape index (κ1) is 17.0. The van der Waals surface area contributed by atoms with Gasteiger partial charge < -0.3 is 0 Å². The van der Waals surface area contributed by atoms with Crippen LogP contribution in [-0.4, -0.2) is 18.9 Å². The van der Waals surface area contributed by atoms with Gasteiger partial charge in [0.05, 0.1) is 0 Å². The van der Waals surface area contributed by atoms with Crippen LogP contribution in [0.1, 0.15) is 0 Å². The summed E-state index contributed by atoms with van der Waals surface area (Å²) < 4.78 is 8.26. The van der Waals surface area contributed by atoms with E-state index in [9.17, 15) is 0 Å². The fourth-order valence-corrected chi connectivity index (χ4v) is 0. The molecule has 0 spiro atoms. The first-order valence-electron chi connectivity index (χ1n) is 0.167. The van der Waals surface area contributed by atoms with Crippen molar-refractivity contribution in [1.29, 1.82) is 0 Å². The van der Waals surface area contributed by atoms with Crippen LogP contribution in [0.2, 0.25) is 0 Å². The molecule has 0 aromatic rings. The van der Waals surface area contributed by atoms with Crippen molar-refractivity contribution in [2.75, 3.05) is 0 Å². The maximum atomic E-state index is 8.26. The van der Waals surface area contributed by atoms with Crippen molar-refractivity contribution in [2.45, 2.75) is 0 Å². The molecule has 4 heteroatoms. The van der Waals surface area contributed by atoms with Crippen molar-refractivity contribution in [1.82, 2.24) is 0 Å². The Morgan fingerprint density at radius 2 is 1.25 bits per heavy atom. The van der Waals surface area contributed by atoms with E-state index < -0.39 is 0 Å². The van der Waals surface area contributed by atoms with Crippen LogP contribution in [0, 0.1) is 0 Å². The Morgan fingerprint density at radius 1 is 1.25 bits per heavy atom.